The molecule has 0 heterocycles. The Morgan fingerprint density at radius 3 is 2.35 bits per heavy atom. The number of rotatable bonds is 8. The number of amides is 1. The normalized spacial score (nSPS) is 16.4. The van der Waals surface area contributed by atoms with E-state index in [-0.39, 0.29) is 17.2 Å². The Morgan fingerprint density at radius 2 is 2.00 bits per heavy atom. The molecule has 0 aromatic rings. The van der Waals surface area contributed by atoms with E-state index in [0.717, 1.165) is 7.11 Å². The van der Waals surface area contributed by atoms with Crippen molar-refractivity contribution in [3.63, 3.8) is 0 Å². The Morgan fingerprint density at radius 1 is 1.45 bits per heavy atom. The Labute approximate surface area is 117 Å². The first-order valence-electron chi connectivity index (χ1n) is 6.31. The fourth-order valence-corrected chi connectivity index (χ4v) is 1.81. The zero-order valence-electron chi connectivity index (χ0n) is 12.1. The van der Waals surface area contributed by atoms with E-state index in [2.05, 4.69) is 10.2 Å². The summed E-state index contributed by atoms with van der Waals surface area (Å²) in [4.78, 5) is 26.8. The summed E-state index contributed by atoms with van der Waals surface area (Å²) in [6.07, 6.45) is -0.396. The van der Waals surface area contributed by atoms with Gasteiger partial charge in [0.05, 0.1) is 18.1 Å². The Balaban J connectivity index is 4.98. The van der Waals surface area contributed by atoms with Crippen molar-refractivity contribution >= 4 is 18.1 Å². The van der Waals surface area contributed by atoms with Gasteiger partial charge in [0.1, 0.15) is 0 Å². The first-order chi connectivity index (χ1) is 9.24. The number of aliphatic hydroxyl groups excluding tert-OH is 1. The number of nitrogens with one attached hydrogen (secondary N) is 1. The fourth-order valence-electron chi connectivity index (χ4n) is 1.81. The Kier molecular flexibility index (Phi) is 7.60. The summed E-state index contributed by atoms with van der Waals surface area (Å²) in [5.74, 6) is -3.10. The summed E-state index contributed by atoms with van der Waals surface area (Å²) >= 11 is 0. The topological polar surface area (TPSA) is 122 Å². The summed E-state index contributed by atoms with van der Waals surface area (Å²) in [6, 6.07) is -0.787. The molecule has 0 aliphatic carbocycles. The van der Waals surface area contributed by atoms with Gasteiger partial charge in [-0.2, -0.15) is 0 Å². The van der Waals surface area contributed by atoms with Gasteiger partial charge >= 0.3 is 11.9 Å². The number of carboxylic acid groups (broad SMARTS) is 1. The molecule has 0 fully saturated rings. The van der Waals surface area contributed by atoms with Crippen molar-refractivity contribution in [3.05, 3.63) is 5.21 Å². The molecule has 0 rings (SSSR count). The highest BCUT2D eigenvalue weighted by molar-refractivity contribution is 6.24. The van der Waals surface area contributed by atoms with Crippen molar-refractivity contribution in [1.82, 2.24) is 5.32 Å². The predicted octanol–water partition coefficient (Wildman–Crippen LogP) is -0.259. The third-order valence-electron chi connectivity index (χ3n) is 2.97. The molecule has 0 aliphatic rings. The lowest BCUT2D eigenvalue weighted by Crippen LogP contribution is -2.51. The second kappa shape index (κ2) is 8.36. The van der Waals surface area contributed by atoms with Gasteiger partial charge in [-0.25, -0.2) is 0 Å². The number of carbonyl (C=O) groups excluding carboxylic acids is 1. The molecule has 0 spiro atoms. The summed E-state index contributed by atoms with van der Waals surface area (Å²) in [5.41, 5.74) is 0. The zero-order chi connectivity index (χ0) is 15.9. The molecule has 0 unspecified atom stereocenters. The van der Waals surface area contributed by atoms with Gasteiger partial charge in [-0.3, -0.25) is 14.8 Å². The Bertz CT molecular complexity index is 369. The minimum absolute atomic E-state index is 0.0341. The molecular weight excluding hydrogens is 268 g/mol. The van der Waals surface area contributed by atoms with Crippen LogP contribution < -0.4 is 5.32 Å². The lowest BCUT2D eigenvalue weighted by atomic mass is 9.88. The van der Waals surface area contributed by atoms with Crippen LogP contribution in [-0.4, -0.2) is 52.5 Å². The number of carboxylic acids is 1. The van der Waals surface area contributed by atoms with E-state index in [1.165, 1.54) is 0 Å². The van der Waals surface area contributed by atoms with Gasteiger partial charge < -0.3 is 20.4 Å². The number of hydrogen-bond donors (Lipinski definition) is 3. The van der Waals surface area contributed by atoms with Gasteiger partial charge in [-0.1, -0.05) is 20.8 Å². The number of aliphatic carboxylic acids is 1. The van der Waals surface area contributed by atoms with Crippen LogP contribution >= 0.6 is 0 Å². The van der Waals surface area contributed by atoms with Crippen LogP contribution in [0.25, 0.3) is 0 Å². The van der Waals surface area contributed by atoms with Crippen LogP contribution in [0.5, 0.6) is 0 Å². The average Bonchev–Trinajstić information content (AvgIpc) is 2.35. The van der Waals surface area contributed by atoms with Crippen molar-refractivity contribution in [2.75, 3.05) is 7.11 Å². The standard InChI is InChI=1S/C12H22N2O6/c1-5-8(12(17)18)11(16)10(7(2)3)13-9(15)6-14(19)20-4/h6-8,10-11,16H,5H2,1-4H3,(H,13,15)(H,17,18)/b14-6+/t8-,10+,11-/m0/s1. The first kappa shape index (κ1) is 18.2. The smallest absolute Gasteiger partial charge is 0.314 e. The number of aliphatic hydroxyl groups is 1. The first-order valence-corrected chi connectivity index (χ1v) is 6.31. The predicted molar refractivity (Wildman–Crippen MR) is 70.9 cm³/mol. The van der Waals surface area contributed by atoms with Gasteiger partial charge in [0.15, 0.2) is 0 Å². The van der Waals surface area contributed by atoms with Gasteiger partial charge in [0.25, 0.3) is 6.21 Å². The van der Waals surface area contributed by atoms with E-state index in [1.807, 2.05) is 0 Å². The van der Waals surface area contributed by atoms with Crippen molar-refractivity contribution in [3.8, 4) is 0 Å². The minimum atomic E-state index is -1.25. The molecule has 8 heteroatoms. The molecule has 0 bridgehead atoms. The van der Waals surface area contributed by atoms with Crippen LogP contribution in [0, 0.1) is 17.0 Å². The average molecular weight is 290 g/mol. The molecule has 116 valence electrons. The largest absolute Gasteiger partial charge is 0.481 e. The Hall–Kier alpha value is -1.83. The maximum Gasteiger partial charge on any atom is 0.314 e. The van der Waals surface area contributed by atoms with Gasteiger partial charge in [-0.15, -0.1) is 0 Å². The number of hydrogen-bond acceptors (Lipinski definition) is 5. The van der Waals surface area contributed by atoms with Crippen molar-refractivity contribution in [2.24, 2.45) is 11.8 Å². The highest BCUT2D eigenvalue weighted by Gasteiger charge is 2.34. The second-order valence-electron chi connectivity index (χ2n) is 4.72. The molecule has 3 atom stereocenters. The molecule has 3 N–H and O–H groups in total. The van der Waals surface area contributed by atoms with E-state index < -0.39 is 29.9 Å². The molecule has 1 amide bonds. The molecule has 0 aliphatic heterocycles. The van der Waals surface area contributed by atoms with Crippen LogP contribution in [0.15, 0.2) is 0 Å². The molecule has 0 aromatic carbocycles. The van der Waals surface area contributed by atoms with Gasteiger partial charge in [0, 0.05) is 12.0 Å². The molecule has 0 saturated heterocycles. The summed E-state index contributed by atoms with van der Waals surface area (Å²) in [6.45, 7) is 5.10. The highest BCUT2D eigenvalue weighted by Crippen LogP contribution is 2.17. The third kappa shape index (κ3) is 5.43. The molecular formula is C12H22N2O6. The summed E-state index contributed by atoms with van der Waals surface area (Å²) in [5, 5.41) is 32.4. The van der Waals surface area contributed by atoms with Crippen LogP contribution in [-0.2, 0) is 14.4 Å². The van der Waals surface area contributed by atoms with E-state index in [0.29, 0.717) is 6.21 Å². The monoisotopic (exact) mass is 290 g/mol. The number of nitrogens with zero attached hydrogens (tertiary/aromatic N) is 1. The lowest BCUT2D eigenvalue weighted by molar-refractivity contribution is -0.729. The van der Waals surface area contributed by atoms with Crippen LogP contribution in [0.2, 0.25) is 0 Å². The maximum absolute atomic E-state index is 11.6. The van der Waals surface area contributed by atoms with Crippen LogP contribution in [0.3, 0.4) is 0 Å². The molecule has 0 saturated carbocycles. The summed E-state index contributed by atoms with van der Waals surface area (Å²) in [7, 11) is 1.10. The lowest BCUT2D eigenvalue weighted by Gasteiger charge is -2.30. The van der Waals surface area contributed by atoms with Crippen LogP contribution in [0.1, 0.15) is 27.2 Å². The number of carbonyl (C=O) groups is 2. The fraction of sp³-hybridized carbons (Fsp3) is 0.750. The minimum Gasteiger partial charge on any atom is -0.481 e. The van der Waals surface area contributed by atoms with Crippen LogP contribution in [0.4, 0.5) is 0 Å². The molecule has 0 aromatic heterocycles. The van der Waals surface area contributed by atoms with Gasteiger partial charge in [0.2, 0.25) is 0 Å². The maximum atomic E-state index is 11.6. The van der Waals surface area contributed by atoms with E-state index in [4.69, 9.17) is 5.11 Å². The highest BCUT2D eigenvalue weighted by atomic mass is 16.9. The van der Waals surface area contributed by atoms with Crippen molar-refractivity contribution in [1.29, 1.82) is 0 Å². The zero-order valence-corrected chi connectivity index (χ0v) is 12.1. The quantitative estimate of drug-likeness (QED) is 0.322. The van der Waals surface area contributed by atoms with E-state index in [1.54, 1.807) is 20.8 Å². The van der Waals surface area contributed by atoms with Gasteiger partial charge in [-0.05, 0) is 12.3 Å². The summed E-state index contributed by atoms with van der Waals surface area (Å²) < 4.78 is 0. The molecule has 8 nitrogen and oxygen atoms in total. The van der Waals surface area contributed by atoms with Crippen molar-refractivity contribution in [2.45, 2.75) is 39.3 Å². The molecule has 0 radical (unpaired) electrons. The second-order valence-corrected chi connectivity index (χ2v) is 4.72. The van der Waals surface area contributed by atoms with E-state index >= 15 is 0 Å². The SMILES string of the molecule is CC[C@H](C(=O)O)[C@H](O)[C@H](NC(=O)/C=[N+](\[O-])OC)C(C)C. The molecule has 20 heavy (non-hydrogen) atoms. The van der Waals surface area contributed by atoms with E-state index in [9.17, 15) is 19.9 Å². The third-order valence-corrected chi connectivity index (χ3v) is 2.97. The van der Waals surface area contributed by atoms with Crippen molar-refractivity contribution < 1.29 is 29.5 Å².